The minimum Gasteiger partial charge on any atom is -0.497 e. The summed E-state index contributed by atoms with van der Waals surface area (Å²) in [5, 5.41) is 80.9. The van der Waals surface area contributed by atoms with E-state index in [2.05, 4.69) is 141 Å². The SMILES string of the molecule is COc1ccc2cc(C3CCN(C[C@H](O)COc4cccc5oc(-c6nnc(C)o6)cc45)CC3)ccc2c1.Cc1nnc(-c2cc3c(OC[C@@H](O)CN4CCC(c5ccc(C)c(C)c5)CC4)cccc3o2)o1.Cc1nnc(-c2cc3c(OC[C@@H](O)CN4CCC(c5ccc(Cl)c(Cl)c5)CC4)cccc3o2)o1.Cc1nnc(-c2cc3c(OC[C@@H](O)CN4CCC(c5ccc6c(c5)OCO6)CC4)cccc3o2)o1. The number of aliphatic hydroxyl groups is 4. The van der Waals surface area contributed by atoms with Gasteiger partial charge in [0.25, 0.3) is 23.6 Å². The van der Waals surface area contributed by atoms with E-state index >= 15 is 0 Å². The van der Waals surface area contributed by atoms with Crippen molar-refractivity contribution in [3.8, 4) is 86.9 Å². The number of piperidine rings is 4. The summed E-state index contributed by atoms with van der Waals surface area (Å²) in [7, 11) is 1.70. The molecule has 33 heteroatoms. The van der Waals surface area contributed by atoms with Crippen LogP contribution in [0.15, 0.2) is 223 Å². The Bertz CT molecular complexity index is 6890. The van der Waals surface area contributed by atoms with Crippen LogP contribution < -0.4 is 33.2 Å². The highest BCUT2D eigenvalue weighted by Gasteiger charge is 2.31. The molecule has 5 aliphatic rings. The quantitative estimate of drug-likeness (QED) is 0.0338. The van der Waals surface area contributed by atoms with Crippen molar-refractivity contribution in [1.82, 2.24) is 60.4 Å². The fourth-order valence-corrected chi connectivity index (χ4v) is 19.5. The number of hydrogen-bond acceptors (Lipinski definition) is 31. The van der Waals surface area contributed by atoms with Crippen LogP contribution in [0.1, 0.15) is 132 Å². The van der Waals surface area contributed by atoms with Crippen molar-refractivity contribution in [1.29, 1.82) is 0 Å². The smallest absolute Gasteiger partial charge is 0.283 e. The Morgan fingerprint density at radius 3 is 0.986 bits per heavy atom. The maximum atomic E-state index is 10.7. The first-order valence-electron chi connectivity index (χ1n) is 48.0. The van der Waals surface area contributed by atoms with Crippen LogP contribution in [-0.2, 0) is 0 Å². The van der Waals surface area contributed by atoms with Crippen LogP contribution >= 0.6 is 23.2 Å². The molecule has 13 heterocycles. The van der Waals surface area contributed by atoms with E-state index in [4.69, 9.17) is 91.7 Å². The summed E-state index contributed by atoms with van der Waals surface area (Å²) >= 11 is 12.2. The number of benzene rings is 9. The van der Waals surface area contributed by atoms with Crippen LogP contribution in [0.5, 0.6) is 40.2 Å². The summed E-state index contributed by atoms with van der Waals surface area (Å²) in [6, 6.07) is 61.6. The molecular weight excluding hydrogens is 1840 g/mol. The second-order valence-electron chi connectivity index (χ2n) is 36.9. The van der Waals surface area contributed by atoms with Gasteiger partial charge in [-0.05, 0) is 270 Å². The van der Waals surface area contributed by atoms with Crippen LogP contribution in [0.2, 0.25) is 10.0 Å². The third-order valence-corrected chi connectivity index (χ3v) is 27.6. The average molecular weight is 1960 g/mol. The first-order valence-corrected chi connectivity index (χ1v) is 48.8. The summed E-state index contributed by atoms with van der Waals surface area (Å²) in [6.45, 7) is 22.2. The zero-order valence-corrected chi connectivity index (χ0v) is 81.2. The first-order chi connectivity index (χ1) is 68.6. The van der Waals surface area contributed by atoms with Crippen molar-refractivity contribution >= 4 is 77.9 Å². The number of aromatic nitrogens is 8. The van der Waals surface area contributed by atoms with Crippen LogP contribution in [0.3, 0.4) is 0 Å². The molecule has 0 aliphatic carbocycles. The number of fused-ring (bicyclic) bond motifs is 6. The highest BCUT2D eigenvalue weighted by Crippen LogP contribution is 2.43. The number of methoxy groups -OCH3 is 1. The maximum absolute atomic E-state index is 10.7. The molecule has 0 saturated carbocycles. The van der Waals surface area contributed by atoms with Crippen LogP contribution in [0, 0.1) is 41.5 Å². The molecular formula is C108H114Cl2N12O19. The Hall–Kier alpha value is -13.2. The highest BCUT2D eigenvalue weighted by molar-refractivity contribution is 6.42. The lowest BCUT2D eigenvalue weighted by Gasteiger charge is -2.33. The standard InChI is InChI=1S/C30H31N3O5.C27H31N3O4.C26H27N3O6.C25H25Cl2N3O4/c1-19-31-32-30(37-19)29-16-26-27(4-3-5-28(26)38-29)36-18-24(34)17-33-12-10-20(11-13-33)21-6-7-23-15-25(35-2)9-8-22(23)14-21;1-17-7-8-21(13-18(17)2)20-9-11-30(12-10-20)15-22(31)16-32-24-5-4-6-25-23(24)14-26(34-25)27-29-28-19(3)33-27;1-16-27-28-26(34-16)25-12-20-21(3-2-4-22(20)35-25)31-14-19(30)13-29-9-7-17(8-10-29)18-5-6-23-24(11-18)33-15-32-23;1-15-28-29-25(33-15)24-12-19-22(3-2-4-23(19)34-24)32-14-18(31)13-30-9-7-16(8-10-30)17-5-6-20(26)21(27)11-17/h3-9,14-16,20,24,34H,10-13,17-18H2,1-2H3;4-8,13-14,20,22,31H,9-12,15-16H2,1-3H3;2-6,11-12,17,19,30H,7-10,13-15H2,1H3;2-6,11-12,16,18,31H,7-10,13-14H2,1H3/t24-;22-;19-;18-/m0000/s1. The molecule has 0 radical (unpaired) electrons. The van der Waals surface area contributed by atoms with E-state index in [1.54, 1.807) is 34.8 Å². The molecule has 4 atom stereocenters. The van der Waals surface area contributed by atoms with Gasteiger partial charge in [0.05, 0.1) is 38.7 Å². The summed E-state index contributed by atoms with van der Waals surface area (Å²) in [5.41, 5.74) is 10.7. The van der Waals surface area contributed by atoms with Crippen LogP contribution in [-0.4, -0.2) is 224 Å². The van der Waals surface area contributed by atoms with Crippen LogP contribution in [0.25, 0.3) is 101 Å². The van der Waals surface area contributed by atoms with Gasteiger partial charge in [-0.15, -0.1) is 40.8 Å². The van der Waals surface area contributed by atoms with Gasteiger partial charge in [0.1, 0.15) is 102 Å². The first kappa shape index (κ1) is 96.7. The molecule has 0 spiro atoms. The fraction of sp³-hybridized carbons (Fsp3) is 0.370. The number of likely N-dealkylation sites (tertiary alicyclic amines) is 4. The molecule has 141 heavy (non-hydrogen) atoms. The Labute approximate surface area is 824 Å². The van der Waals surface area contributed by atoms with Gasteiger partial charge < -0.3 is 109 Å². The maximum Gasteiger partial charge on any atom is 0.283 e. The van der Waals surface area contributed by atoms with E-state index in [-0.39, 0.29) is 26.4 Å². The highest BCUT2D eigenvalue weighted by atomic mass is 35.5. The van der Waals surface area contributed by atoms with Crippen molar-refractivity contribution in [3.05, 3.63) is 255 Å². The van der Waals surface area contributed by atoms with Crippen molar-refractivity contribution in [2.24, 2.45) is 0 Å². The number of aryl methyl sites for hydroxylation is 6. The summed E-state index contributed by atoms with van der Waals surface area (Å²) in [5.74, 6) is 12.4. The van der Waals surface area contributed by atoms with Gasteiger partial charge in [-0.2, -0.15) is 0 Å². The zero-order valence-electron chi connectivity index (χ0n) is 79.7. The Balaban J connectivity index is 0.000000120. The van der Waals surface area contributed by atoms with E-state index in [1.165, 1.54) is 44.2 Å². The summed E-state index contributed by atoms with van der Waals surface area (Å²) in [6.07, 6.45) is 6.10. The van der Waals surface area contributed by atoms with E-state index < -0.39 is 24.4 Å². The molecule has 4 saturated heterocycles. The molecule has 4 fully saturated rings. The zero-order chi connectivity index (χ0) is 97.2. The molecule has 9 aromatic carbocycles. The topological polar surface area (TPSA) is 367 Å². The molecule has 734 valence electrons. The molecule has 0 bridgehead atoms. The lowest BCUT2D eigenvalue weighted by Crippen LogP contribution is -2.40. The van der Waals surface area contributed by atoms with E-state index in [9.17, 15) is 20.4 Å². The number of hydrogen-bond donors (Lipinski definition) is 4. The van der Waals surface area contributed by atoms with E-state index in [1.807, 2.05) is 121 Å². The van der Waals surface area contributed by atoms with Crippen molar-refractivity contribution in [3.63, 3.8) is 0 Å². The number of nitrogens with zero attached hydrogens (tertiary/aromatic N) is 12. The molecule has 17 aromatic rings. The number of β-amino-alcohol motifs (C(OH)–C–C–N with tert-alkyl or cyclic N) is 4. The van der Waals surface area contributed by atoms with E-state index in [0.717, 1.165) is 143 Å². The lowest BCUT2D eigenvalue weighted by atomic mass is 9.88. The molecule has 0 unspecified atom stereocenters. The normalized spacial score (nSPS) is 16.3. The van der Waals surface area contributed by atoms with Gasteiger partial charge in [0.2, 0.25) is 30.4 Å². The minimum atomic E-state index is -0.609. The van der Waals surface area contributed by atoms with Gasteiger partial charge in [0.15, 0.2) is 34.5 Å². The van der Waals surface area contributed by atoms with Gasteiger partial charge in [0, 0.05) is 78.1 Å². The summed E-state index contributed by atoms with van der Waals surface area (Å²) in [4.78, 5) is 9.23. The molecule has 4 N–H and O–H groups in total. The molecule has 22 rings (SSSR count). The molecule has 0 amide bonds. The Morgan fingerprint density at radius 2 is 0.638 bits per heavy atom. The minimum absolute atomic E-state index is 0.187. The van der Waals surface area contributed by atoms with Gasteiger partial charge in [-0.3, -0.25) is 0 Å². The molecule has 8 aromatic heterocycles. The third kappa shape index (κ3) is 23.9. The summed E-state index contributed by atoms with van der Waals surface area (Å²) < 4.78 is 85.5. The number of aliphatic hydroxyl groups excluding tert-OH is 4. The average Bonchev–Trinajstić information content (AvgIpc) is 1.62. The molecule has 31 nitrogen and oxygen atoms in total. The fourth-order valence-electron chi connectivity index (χ4n) is 19.2. The van der Waals surface area contributed by atoms with Gasteiger partial charge in [-0.25, -0.2) is 0 Å². The predicted molar refractivity (Wildman–Crippen MR) is 532 cm³/mol. The van der Waals surface area contributed by atoms with Crippen molar-refractivity contribution < 1.29 is 88.9 Å². The number of ether oxygens (including phenoxy) is 7. The lowest BCUT2D eigenvalue weighted by molar-refractivity contribution is 0.0598. The number of halogens is 2. The van der Waals surface area contributed by atoms with Gasteiger partial charge in [-0.1, -0.05) is 102 Å². The predicted octanol–water partition coefficient (Wildman–Crippen LogP) is 20.5. The van der Waals surface area contributed by atoms with Crippen LogP contribution in [0.4, 0.5) is 0 Å². The van der Waals surface area contributed by atoms with E-state index in [0.29, 0.717) is 182 Å². The number of rotatable bonds is 29. The second-order valence-corrected chi connectivity index (χ2v) is 37.7. The largest absolute Gasteiger partial charge is 0.497 e. The van der Waals surface area contributed by atoms with Crippen molar-refractivity contribution in [2.75, 3.05) is 119 Å². The third-order valence-electron chi connectivity index (χ3n) is 26.8. The van der Waals surface area contributed by atoms with Gasteiger partial charge >= 0.3 is 0 Å². The second kappa shape index (κ2) is 44.3. The monoisotopic (exact) mass is 1950 g/mol. The Morgan fingerprint density at radius 1 is 0.319 bits per heavy atom. The van der Waals surface area contributed by atoms with Crippen molar-refractivity contribution in [2.45, 2.75) is 141 Å². The Kier molecular flexibility index (Phi) is 30.4. The molecule has 5 aliphatic heterocycles. The number of furan rings is 4.